The van der Waals surface area contributed by atoms with E-state index in [1.165, 1.54) is 0 Å². The van der Waals surface area contributed by atoms with E-state index in [4.69, 9.17) is 17.0 Å². The Bertz CT molecular complexity index is 751. The van der Waals surface area contributed by atoms with Crippen LogP contribution >= 0.6 is 12.2 Å². The molecule has 5 nitrogen and oxygen atoms in total. The smallest absolute Gasteiger partial charge is 0.200 e. The third-order valence-corrected chi connectivity index (χ3v) is 3.16. The van der Waals surface area contributed by atoms with Crippen LogP contribution in [0.3, 0.4) is 0 Å². The minimum atomic E-state index is 0.476. The van der Waals surface area contributed by atoms with Crippen LogP contribution in [-0.4, -0.2) is 27.2 Å². The molecule has 0 saturated carbocycles. The summed E-state index contributed by atoms with van der Waals surface area (Å²) in [4.78, 5) is 0. The van der Waals surface area contributed by atoms with Crippen molar-refractivity contribution < 1.29 is 4.74 Å². The van der Waals surface area contributed by atoms with Crippen molar-refractivity contribution in [3.63, 3.8) is 0 Å². The summed E-state index contributed by atoms with van der Waals surface area (Å²) in [6.07, 6.45) is 0. The second-order valence-electron chi connectivity index (χ2n) is 4.15. The maximum atomic E-state index is 5.36. The number of hydrogen-bond acceptors (Lipinski definition) is 4. The Morgan fingerprint density at radius 2 is 1.90 bits per heavy atom. The van der Waals surface area contributed by atoms with Gasteiger partial charge in [-0.2, -0.15) is 4.68 Å². The van der Waals surface area contributed by atoms with Crippen LogP contribution in [-0.2, 0) is 0 Å². The number of methoxy groups -OCH3 is 1. The first kappa shape index (κ1) is 12.6. The number of nitrogens with zero attached hydrogens (tertiary/aromatic N) is 3. The van der Waals surface area contributed by atoms with Crippen LogP contribution in [0.4, 0.5) is 5.69 Å². The Morgan fingerprint density at radius 1 is 1.15 bits per heavy atom. The van der Waals surface area contributed by atoms with Crippen LogP contribution in [0.2, 0.25) is 0 Å². The van der Waals surface area contributed by atoms with Crippen molar-refractivity contribution in [1.82, 2.24) is 15.0 Å². The zero-order valence-electron chi connectivity index (χ0n) is 10.8. The number of anilines is 1. The fourth-order valence-electron chi connectivity index (χ4n) is 1.87. The molecule has 0 fully saturated rings. The maximum absolute atomic E-state index is 5.36. The lowest BCUT2D eigenvalue weighted by molar-refractivity contribution is 0.415. The second kappa shape index (κ2) is 5.26. The molecule has 0 saturated heterocycles. The molecule has 0 aliphatic heterocycles. The fourth-order valence-corrected chi connectivity index (χ4v) is 2.12. The number of para-hydroxylation sites is 1. The first-order chi connectivity index (χ1) is 9.78. The van der Waals surface area contributed by atoms with E-state index in [-0.39, 0.29) is 0 Å². The lowest BCUT2D eigenvalue weighted by Crippen LogP contribution is -2.20. The molecule has 3 aromatic rings. The van der Waals surface area contributed by atoms with E-state index in [2.05, 4.69) is 15.6 Å². The molecule has 0 bridgehead atoms. The van der Waals surface area contributed by atoms with Gasteiger partial charge in [-0.3, -0.25) is 0 Å². The molecule has 0 radical (unpaired) electrons. The van der Waals surface area contributed by atoms with Gasteiger partial charge in [0.15, 0.2) is 0 Å². The maximum Gasteiger partial charge on any atom is 0.200 e. The summed E-state index contributed by atoms with van der Waals surface area (Å²) in [6, 6.07) is 15.2. The SMILES string of the molecule is COc1ccc(NC(=S)n2nnc3ccccc32)cc1. The summed E-state index contributed by atoms with van der Waals surface area (Å²) in [5, 5.41) is 11.7. The average Bonchev–Trinajstić information content (AvgIpc) is 2.92. The number of rotatable bonds is 2. The number of ether oxygens (including phenoxy) is 1. The predicted octanol–water partition coefficient (Wildman–Crippen LogP) is 2.69. The molecule has 1 N–H and O–H groups in total. The summed E-state index contributed by atoms with van der Waals surface area (Å²) in [5.74, 6) is 0.799. The molecule has 20 heavy (non-hydrogen) atoms. The Balaban J connectivity index is 1.85. The molecule has 0 unspecified atom stereocenters. The second-order valence-corrected chi connectivity index (χ2v) is 4.54. The molecule has 0 spiro atoms. The number of aromatic nitrogens is 3. The summed E-state index contributed by atoms with van der Waals surface area (Å²) in [5.41, 5.74) is 2.56. The molecule has 0 aliphatic rings. The normalized spacial score (nSPS) is 10.4. The number of benzene rings is 2. The summed E-state index contributed by atoms with van der Waals surface area (Å²) < 4.78 is 6.72. The Labute approximate surface area is 121 Å². The van der Waals surface area contributed by atoms with Crippen molar-refractivity contribution in [3.8, 4) is 5.75 Å². The standard InChI is InChI=1S/C14H12N4OS/c1-19-11-8-6-10(7-9-11)15-14(20)18-13-5-3-2-4-12(13)16-17-18/h2-9H,1H3,(H,15,20). The number of hydrogen-bond donors (Lipinski definition) is 1. The number of thiocarbonyl (C=S) groups is 1. The summed E-state index contributed by atoms with van der Waals surface area (Å²) in [6.45, 7) is 0. The predicted molar refractivity (Wildman–Crippen MR) is 82.1 cm³/mol. The molecule has 6 heteroatoms. The van der Waals surface area contributed by atoms with Gasteiger partial charge in [0.2, 0.25) is 5.11 Å². The van der Waals surface area contributed by atoms with Gasteiger partial charge < -0.3 is 10.1 Å². The third-order valence-electron chi connectivity index (χ3n) is 2.89. The van der Waals surface area contributed by atoms with Crippen molar-refractivity contribution >= 4 is 34.1 Å². The lowest BCUT2D eigenvalue weighted by atomic mass is 10.3. The minimum Gasteiger partial charge on any atom is -0.497 e. The Kier molecular flexibility index (Phi) is 3.30. The van der Waals surface area contributed by atoms with Gasteiger partial charge in [0.25, 0.3) is 0 Å². The Morgan fingerprint density at radius 3 is 2.65 bits per heavy atom. The number of fused-ring (bicyclic) bond motifs is 1. The van der Waals surface area contributed by atoms with E-state index in [0.717, 1.165) is 22.5 Å². The highest BCUT2D eigenvalue weighted by Crippen LogP contribution is 2.16. The monoisotopic (exact) mass is 284 g/mol. The highest BCUT2D eigenvalue weighted by atomic mass is 32.1. The van der Waals surface area contributed by atoms with Crippen molar-refractivity contribution in [3.05, 3.63) is 48.5 Å². The van der Waals surface area contributed by atoms with Gasteiger partial charge in [-0.15, -0.1) is 5.10 Å². The number of nitrogens with one attached hydrogen (secondary N) is 1. The molecule has 0 aliphatic carbocycles. The van der Waals surface area contributed by atoms with E-state index in [1.54, 1.807) is 11.8 Å². The van der Waals surface area contributed by atoms with E-state index < -0.39 is 0 Å². The molecule has 1 heterocycles. The van der Waals surface area contributed by atoms with Gasteiger partial charge in [0.1, 0.15) is 11.3 Å². The highest BCUT2D eigenvalue weighted by Gasteiger charge is 2.08. The van der Waals surface area contributed by atoms with Gasteiger partial charge in [-0.05, 0) is 48.6 Å². The van der Waals surface area contributed by atoms with E-state index in [1.807, 2.05) is 48.5 Å². The largest absolute Gasteiger partial charge is 0.497 e. The molecule has 0 amide bonds. The minimum absolute atomic E-state index is 0.476. The quantitative estimate of drug-likeness (QED) is 0.733. The summed E-state index contributed by atoms with van der Waals surface area (Å²) >= 11 is 5.36. The van der Waals surface area contributed by atoms with Gasteiger partial charge in [-0.25, -0.2) is 0 Å². The lowest BCUT2D eigenvalue weighted by Gasteiger charge is -2.08. The van der Waals surface area contributed by atoms with Gasteiger partial charge in [-0.1, -0.05) is 17.3 Å². The topological polar surface area (TPSA) is 52.0 Å². The zero-order chi connectivity index (χ0) is 13.9. The van der Waals surface area contributed by atoms with E-state index in [0.29, 0.717) is 5.11 Å². The average molecular weight is 284 g/mol. The van der Waals surface area contributed by atoms with E-state index >= 15 is 0 Å². The molecule has 0 atom stereocenters. The fraction of sp³-hybridized carbons (Fsp3) is 0.0714. The third kappa shape index (κ3) is 2.33. The van der Waals surface area contributed by atoms with Crippen LogP contribution in [0.5, 0.6) is 5.75 Å². The van der Waals surface area contributed by atoms with Crippen LogP contribution in [0.25, 0.3) is 11.0 Å². The highest BCUT2D eigenvalue weighted by molar-refractivity contribution is 7.80. The van der Waals surface area contributed by atoms with Crippen molar-refractivity contribution in [2.24, 2.45) is 0 Å². The summed E-state index contributed by atoms with van der Waals surface area (Å²) in [7, 11) is 1.63. The van der Waals surface area contributed by atoms with Crippen molar-refractivity contribution in [2.45, 2.75) is 0 Å². The van der Waals surface area contributed by atoms with Gasteiger partial charge in [0.05, 0.1) is 12.6 Å². The molecule has 100 valence electrons. The van der Waals surface area contributed by atoms with Crippen molar-refractivity contribution in [1.29, 1.82) is 0 Å². The molecule has 1 aromatic heterocycles. The zero-order valence-corrected chi connectivity index (χ0v) is 11.6. The van der Waals surface area contributed by atoms with E-state index in [9.17, 15) is 0 Å². The van der Waals surface area contributed by atoms with Crippen LogP contribution in [0.1, 0.15) is 0 Å². The molecule has 3 rings (SSSR count). The molecule has 2 aromatic carbocycles. The first-order valence-electron chi connectivity index (χ1n) is 6.04. The van der Waals surface area contributed by atoms with Crippen LogP contribution < -0.4 is 10.1 Å². The Hall–Kier alpha value is -2.47. The van der Waals surface area contributed by atoms with Crippen LogP contribution in [0, 0.1) is 0 Å². The van der Waals surface area contributed by atoms with Crippen LogP contribution in [0.15, 0.2) is 48.5 Å². The molecular formula is C14H12N4OS. The van der Waals surface area contributed by atoms with Gasteiger partial charge in [0, 0.05) is 5.69 Å². The van der Waals surface area contributed by atoms with Gasteiger partial charge >= 0.3 is 0 Å². The molecular weight excluding hydrogens is 272 g/mol. The first-order valence-corrected chi connectivity index (χ1v) is 6.44. The van der Waals surface area contributed by atoms with Crippen molar-refractivity contribution in [2.75, 3.05) is 12.4 Å².